The first-order valence-corrected chi connectivity index (χ1v) is 9.35. The van der Waals surface area contributed by atoms with E-state index in [9.17, 15) is 22.8 Å². The molecule has 0 spiro atoms. The Morgan fingerprint density at radius 3 is 2.39 bits per heavy atom. The van der Waals surface area contributed by atoms with Crippen LogP contribution in [0.5, 0.6) is 0 Å². The molecule has 1 aliphatic rings. The van der Waals surface area contributed by atoms with E-state index in [0.29, 0.717) is 5.56 Å². The zero-order valence-corrected chi connectivity index (χ0v) is 16.3. The van der Waals surface area contributed by atoms with E-state index in [1.54, 1.807) is 24.3 Å². The third kappa shape index (κ3) is 3.89. The van der Waals surface area contributed by atoms with E-state index < -0.39 is 29.7 Å². The lowest BCUT2D eigenvalue weighted by molar-refractivity contribution is -0.137. The van der Waals surface area contributed by atoms with E-state index >= 15 is 0 Å². The number of fused-ring (bicyclic) bond motifs is 1. The van der Waals surface area contributed by atoms with E-state index in [1.807, 2.05) is 6.92 Å². The third-order valence-corrected chi connectivity index (χ3v) is 5.00. The molecule has 0 aliphatic carbocycles. The Morgan fingerprint density at radius 2 is 1.77 bits per heavy atom. The summed E-state index contributed by atoms with van der Waals surface area (Å²) >= 11 is 0. The minimum Gasteiger partial charge on any atom is -0.319 e. The number of nitrogens with one attached hydrogen (secondary N) is 1. The number of alkyl halides is 3. The predicted molar refractivity (Wildman–Crippen MR) is 108 cm³/mol. The molecule has 0 fully saturated rings. The van der Waals surface area contributed by atoms with Crippen molar-refractivity contribution < 1.29 is 22.8 Å². The lowest BCUT2D eigenvalue weighted by Crippen LogP contribution is -2.46. The summed E-state index contributed by atoms with van der Waals surface area (Å²) in [6.07, 6.45) is -3.89. The first-order chi connectivity index (χ1) is 14.6. The van der Waals surface area contributed by atoms with Gasteiger partial charge in [-0.15, -0.1) is 0 Å². The molecule has 0 saturated heterocycles. The van der Waals surface area contributed by atoms with Gasteiger partial charge in [-0.3, -0.25) is 9.59 Å². The Morgan fingerprint density at radius 1 is 1.13 bits per heavy atom. The van der Waals surface area contributed by atoms with Crippen LogP contribution < -0.4 is 16.0 Å². The number of carbonyl (C=O) groups is 2. The zero-order chi connectivity index (χ0) is 22.3. The summed E-state index contributed by atoms with van der Waals surface area (Å²) in [5.41, 5.74) is 7.18. The van der Waals surface area contributed by atoms with Gasteiger partial charge in [-0.05, 0) is 43.3 Å². The van der Waals surface area contributed by atoms with Crippen LogP contribution in [0.3, 0.4) is 0 Å². The molecule has 3 N–H and O–H groups in total. The average Bonchev–Trinajstić information content (AvgIpc) is 3.15. The highest BCUT2D eigenvalue weighted by molar-refractivity contribution is 6.13. The number of hydrogen-bond acceptors (Lipinski definition) is 4. The van der Waals surface area contributed by atoms with E-state index in [-0.39, 0.29) is 23.6 Å². The van der Waals surface area contributed by atoms with Crippen molar-refractivity contribution in [1.29, 1.82) is 0 Å². The van der Waals surface area contributed by atoms with Gasteiger partial charge in [0, 0.05) is 11.3 Å². The van der Waals surface area contributed by atoms with Gasteiger partial charge in [-0.25, -0.2) is 4.68 Å². The van der Waals surface area contributed by atoms with Gasteiger partial charge in [-0.2, -0.15) is 18.3 Å². The fraction of sp³-hybridized carbons (Fsp3) is 0.190. The van der Waals surface area contributed by atoms with Gasteiger partial charge in [-0.1, -0.05) is 17.7 Å². The van der Waals surface area contributed by atoms with Crippen molar-refractivity contribution >= 4 is 23.2 Å². The number of amides is 2. The van der Waals surface area contributed by atoms with Gasteiger partial charge in [0.05, 0.1) is 24.0 Å². The van der Waals surface area contributed by atoms with E-state index in [2.05, 4.69) is 10.4 Å². The summed E-state index contributed by atoms with van der Waals surface area (Å²) in [6, 6.07) is 11.1. The fourth-order valence-corrected chi connectivity index (χ4v) is 3.35. The summed E-state index contributed by atoms with van der Waals surface area (Å²) in [5, 5.41) is 6.77. The fourth-order valence-electron chi connectivity index (χ4n) is 3.35. The number of benzene rings is 2. The van der Waals surface area contributed by atoms with Crippen molar-refractivity contribution in [2.45, 2.75) is 19.3 Å². The van der Waals surface area contributed by atoms with Crippen molar-refractivity contribution in [3.63, 3.8) is 0 Å². The summed E-state index contributed by atoms with van der Waals surface area (Å²) in [5.74, 6) is -0.956. The molecule has 10 heteroatoms. The molecule has 1 atom stereocenters. The Bertz CT molecular complexity index is 1140. The van der Waals surface area contributed by atoms with Gasteiger partial charge in [0.1, 0.15) is 6.17 Å². The molecule has 2 amide bonds. The molecule has 2 heterocycles. The van der Waals surface area contributed by atoms with Crippen molar-refractivity contribution in [2.24, 2.45) is 5.73 Å². The van der Waals surface area contributed by atoms with Crippen molar-refractivity contribution in [3.05, 3.63) is 77.1 Å². The van der Waals surface area contributed by atoms with Crippen LogP contribution >= 0.6 is 0 Å². The molecule has 31 heavy (non-hydrogen) atoms. The monoisotopic (exact) mass is 429 g/mol. The second-order valence-corrected chi connectivity index (χ2v) is 7.20. The second kappa shape index (κ2) is 7.55. The van der Waals surface area contributed by atoms with Crippen molar-refractivity contribution in [1.82, 2.24) is 9.78 Å². The smallest absolute Gasteiger partial charge is 0.319 e. The Labute approximate surface area is 175 Å². The van der Waals surface area contributed by atoms with Gasteiger partial charge in [0.25, 0.3) is 11.8 Å². The minimum absolute atomic E-state index is 0.0181. The Hall–Kier alpha value is -3.66. The molecule has 1 aromatic heterocycles. The van der Waals surface area contributed by atoms with Crippen molar-refractivity contribution in [3.8, 4) is 0 Å². The number of carbonyl (C=O) groups excluding carboxylic acids is 2. The number of anilines is 2. The second-order valence-electron chi connectivity index (χ2n) is 7.20. The number of rotatable bonds is 3. The third-order valence-electron chi connectivity index (χ3n) is 5.00. The molecule has 3 aromatic rings. The van der Waals surface area contributed by atoms with Crippen molar-refractivity contribution in [2.75, 3.05) is 16.8 Å². The number of nitrogens with two attached hydrogens (primary N) is 1. The molecule has 1 aliphatic heterocycles. The summed E-state index contributed by atoms with van der Waals surface area (Å²) < 4.78 is 39.8. The van der Waals surface area contributed by atoms with E-state index in [4.69, 9.17) is 5.73 Å². The van der Waals surface area contributed by atoms with Crippen LogP contribution in [0.1, 0.15) is 38.1 Å². The van der Waals surface area contributed by atoms with E-state index in [0.717, 1.165) is 17.7 Å². The normalized spacial score (nSPS) is 16.2. The van der Waals surface area contributed by atoms with Crippen LogP contribution in [0.25, 0.3) is 0 Å². The molecule has 7 nitrogen and oxygen atoms in total. The van der Waals surface area contributed by atoms with Crippen LogP contribution in [0, 0.1) is 6.92 Å². The van der Waals surface area contributed by atoms with Crippen LogP contribution in [0.2, 0.25) is 0 Å². The molecule has 0 saturated carbocycles. The van der Waals surface area contributed by atoms with Gasteiger partial charge < -0.3 is 16.0 Å². The maximum absolute atomic E-state index is 13.1. The standard InChI is InChI=1S/C21H18F3N5O2/c1-12-2-4-13(5-3-12)19(30)27-16-10-26-29-17(25)11-28(20(31)18(16)29)15-8-6-14(7-9-15)21(22,23)24/h2-10,17H,11,25H2,1H3,(H,27,30). The molecule has 160 valence electrons. The quantitative estimate of drug-likeness (QED) is 0.666. The lowest BCUT2D eigenvalue weighted by Gasteiger charge is -2.32. The van der Waals surface area contributed by atoms with Gasteiger partial charge in [0.2, 0.25) is 0 Å². The highest BCUT2D eigenvalue weighted by Gasteiger charge is 2.35. The zero-order valence-electron chi connectivity index (χ0n) is 16.3. The molecule has 0 bridgehead atoms. The SMILES string of the molecule is Cc1ccc(C(=O)Nc2cnn3c2C(=O)N(c2ccc(C(F)(F)F)cc2)CC3N)cc1. The van der Waals surface area contributed by atoms with Crippen LogP contribution in [-0.4, -0.2) is 28.1 Å². The van der Waals surface area contributed by atoms with Crippen LogP contribution in [-0.2, 0) is 6.18 Å². The number of aryl methyl sites for hydroxylation is 1. The minimum atomic E-state index is -4.48. The maximum atomic E-state index is 13.1. The average molecular weight is 429 g/mol. The highest BCUT2D eigenvalue weighted by atomic mass is 19.4. The topological polar surface area (TPSA) is 93.2 Å². The largest absolute Gasteiger partial charge is 0.416 e. The molecule has 1 unspecified atom stereocenters. The summed E-state index contributed by atoms with van der Waals surface area (Å²) in [4.78, 5) is 27.0. The van der Waals surface area contributed by atoms with Crippen LogP contribution in [0.15, 0.2) is 54.7 Å². The molecule has 2 aromatic carbocycles. The number of hydrogen-bond donors (Lipinski definition) is 2. The van der Waals surface area contributed by atoms with Gasteiger partial charge in [0.15, 0.2) is 5.69 Å². The molecular weight excluding hydrogens is 411 g/mol. The maximum Gasteiger partial charge on any atom is 0.416 e. The molecule has 4 rings (SSSR count). The van der Waals surface area contributed by atoms with Gasteiger partial charge >= 0.3 is 6.18 Å². The summed E-state index contributed by atoms with van der Waals surface area (Å²) in [7, 11) is 0. The van der Waals surface area contributed by atoms with E-state index in [1.165, 1.54) is 27.9 Å². The number of nitrogens with zero attached hydrogens (tertiary/aromatic N) is 3. The summed E-state index contributed by atoms with van der Waals surface area (Å²) in [6.45, 7) is 1.91. The Kier molecular flexibility index (Phi) is 5.02. The van der Waals surface area contributed by atoms with Crippen LogP contribution in [0.4, 0.5) is 24.5 Å². The predicted octanol–water partition coefficient (Wildman–Crippen LogP) is 3.58. The Balaban J connectivity index is 1.62. The highest BCUT2D eigenvalue weighted by Crippen LogP contribution is 2.33. The molecule has 0 radical (unpaired) electrons. The molecular formula is C21H18F3N5O2. The number of halogens is 3. The first kappa shape index (κ1) is 20.6. The first-order valence-electron chi connectivity index (χ1n) is 9.35. The number of aromatic nitrogens is 2. The lowest BCUT2D eigenvalue weighted by atomic mass is 10.1.